The number of carbonyl (C=O) groups is 1. The molecule has 1 amide bonds. The van der Waals surface area contributed by atoms with Gasteiger partial charge in [0.2, 0.25) is 5.91 Å². The lowest BCUT2D eigenvalue weighted by molar-refractivity contribution is -0.121. The van der Waals surface area contributed by atoms with Crippen molar-refractivity contribution in [3.8, 4) is 0 Å². The van der Waals surface area contributed by atoms with Gasteiger partial charge in [-0.05, 0) is 33.5 Å². The van der Waals surface area contributed by atoms with E-state index in [4.69, 9.17) is 0 Å². The number of aromatic nitrogens is 2. The zero-order chi connectivity index (χ0) is 15.9. The third-order valence-electron chi connectivity index (χ3n) is 3.62. The van der Waals surface area contributed by atoms with Crippen molar-refractivity contribution >= 4 is 11.6 Å². The van der Waals surface area contributed by atoms with E-state index in [1.165, 1.54) is 0 Å². The molecular weight excluding hydrogens is 266 g/mol. The van der Waals surface area contributed by atoms with Gasteiger partial charge in [0.25, 0.3) is 0 Å². The lowest BCUT2D eigenvalue weighted by Gasteiger charge is -2.23. The number of anilines is 1. The summed E-state index contributed by atoms with van der Waals surface area (Å²) in [5, 5.41) is 10.4. The molecule has 1 heterocycles. The molecule has 0 aliphatic rings. The van der Waals surface area contributed by atoms with E-state index in [1.54, 1.807) is 6.20 Å². The summed E-state index contributed by atoms with van der Waals surface area (Å²) in [5.41, 5.74) is 0.156. The summed E-state index contributed by atoms with van der Waals surface area (Å²) in [6.45, 7) is 14.7. The fraction of sp³-hybridized carbons (Fsp3) is 0.733. The summed E-state index contributed by atoms with van der Waals surface area (Å²) in [6, 6.07) is 0. The number of carbonyl (C=O) groups excluding carboxylic acids is 1. The van der Waals surface area contributed by atoms with Gasteiger partial charge in [-0.2, -0.15) is 5.10 Å². The highest BCUT2D eigenvalue weighted by Gasteiger charge is 2.26. The zero-order valence-corrected chi connectivity index (χ0v) is 13.9. The third-order valence-corrected chi connectivity index (χ3v) is 3.62. The summed E-state index contributed by atoms with van der Waals surface area (Å²) in [5.74, 6) is -0.0485. The van der Waals surface area contributed by atoms with E-state index in [0.29, 0.717) is 0 Å². The molecule has 0 aliphatic heterocycles. The Morgan fingerprint density at radius 2 is 2.00 bits per heavy atom. The summed E-state index contributed by atoms with van der Waals surface area (Å²) >= 11 is 0. The highest BCUT2D eigenvalue weighted by Crippen LogP contribution is 2.10. The van der Waals surface area contributed by atoms with Crippen LogP contribution in [-0.2, 0) is 11.3 Å². The monoisotopic (exact) mass is 295 g/mol. The molecule has 0 saturated carbocycles. The highest BCUT2D eigenvalue weighted by molar-refractivity contribution is 5.97. The number of hydrogen-bond acceptors (Lipinski definition) is 4. The van der Waals surface area contributed by atoms with Crippen LogP contribution in [0.4, 0.5) is 5.69 Å². The Kier molecular flexibility index (Phi) is 6.84. The molecule has 6 nitrogen and oxygen atoms in total. The maximum atomic E-state index is 12.2. The first kappa shape index (κ1) is 17.7. The van der Waals surface area contributed by atoms with Crippen LogP contribution in [-0.4, -0.2) is 52.3 Å². The molecule has 120 valence electrons. The second-order valence-corrected chi connectivity index (χ2v) is 5.63. The van der Waals surface area contributed by atoms with Gasteiger partial charge in [0.05, 0.1) is 24.0 Å². The SMILES string of the molecule is CCNC(C)(C)C(=O)Nc1cnn(CCN(CC)CC)c1. The predicted octanol–water partition coefficient (Wildman–Crippen LogP) is 1.55. The molecule has 0 fully saturated rings. The average Bonchev–Trinajstić information content (AvgIpc) is 2.87. The molecule has 0 aliphatic carbocycles. The van der Waals surface area contributed by atoms with E-state index in [-0.39, 0.29) is 5.91 Å². The molecule has 0 bridgehead atoms. The van der Waals surface area contributed by atoms with Crippen LogP contribution >= 0.6 is 0 Å². The quantitative estimate of drug-likeness (QED) is 0.725. The van der Waals surface area contributed by atoms with Crippen LogP contribution in [0.5, 0.6) is 0 Å². The van der Waals surface area contributed by atoms with Crippen LogP contribution in [0.3, 0.4) is 0 Å². The number of hydrogen-bond donors (Lipinski definition) is 2. The molecule has 2 N–H and O–H groups in total. The Balaban J connectivity index is 2.53. The first-order chi connectivity index (χ1) is 9.92. The molecule has 1 aromatic heterocycles. The normalized spacial score (nSPS) is 11.9. The van der Waals surface area contributed by atoms with Gasteiger partial charge in [0.1, 0.15) is 0 Å². The predicted molar refractivity (Wildman–Crippen MR) is 86.4 cm³/mol. The maximum Gasteiger partial charge on any atom is 0.244 e. The Bertz CT molecular complexity index is 437. The lowest BCUT2D eigenvalue weighted by Crippen LogP contribution is -2.49. The molecule has 0 unspecified atom stereocenters. The molecule has 1 aromatic rings. The van der Waals surface area contributed by atoms with Gasteiger partial charge in [-0.25, -0.2) is 0 Å². The Hall–Kier alpha value is -1.40. The summed E-state index contributed by atoms with van der Waals surface area (Å²) in [6.07, 6.45) is 3.57. The van der Waals surface area contributed by atoms with Crippen molar-refractivity contribution in [3.05, 3.63) is 12.4 Å². The number of likely N-dealkylation sites (N-methyl/N-ethyl adjacent to an activating group) is 2. The second-order valence-electron chi connectivity index (χ2n) is 5.63. The maximum absolute atomic E-state index is 12.2. The van der Waals surface area contributed by atoms with E-state index >= 15 is 0 Å². The van der Waals surface area contributed by atoms with Gasteiger partial charge in [-0.1, -0.05) is 20.8 Å². The molecule has 21 heavy (non-hydrogen) atoms. The van der Waals surface area contributed by atoms with Crippen molar-refractivity contribution in [3.63, 3.8) is 0 Å². The van der Waals surface area contributed by atoms with Crippen LogP contribution in [0, 0.1) is 0 Å². The van der Waals surface area contributed by atoms with Gasteiger partial charge in [-0.15, -0.1) is 0 Å². The summed E-state index contributed by atoms with van der Waals surface area (Å²) in [4.78, 5) is 14.5. The number of nitrogens with zero attached hydrogens (tertiary/aromatic N) is 3. The van der Waals surface area contributed by atoms with Crippen LogP contribution in [0.1, 0.15) is 34.6 Å². The minimum Gasteiger partial charge on any atom is -0.322 e. The fourth-order valence-corrected chi connectivity index (χ4v) is 2.14. The third kappa shape index (κ3) is 5.47. The molecular formula is C15H29N5O. The number of amides is 1. The van der Waals surface area contributed by atoms with E-state index < -0.39 is 5.54 Å². The van der Waals surface area contributed by atoms with Crippen molar-refractivity contribution < 1.29 is 4.79 Å². The molecule has 6 heteroatoms. The van der Waals surface area contributed by atoms with E-state index in [2.05, 4.69) is 34.5 Å². The highest BCUT2D eigenvalue weighted by atomic mass is 16.2. The average molecular weight is 295 g/mol. The topological polar surface area (TPSA) is 62.2 Å². The Labute approximate surface area is 127 Å². The van der Waals surface area contributed by atoms with Crippen molar-refractivity contribution in [1.29, 1.82) is 0 Å². The second kappa shape index (κ2) is 8.14. The number of rotatable bonds is 9. The minimum absolute atomic E-state index is 0.0485. The Morgan fingerprint density at radius 1 is 1.33 bits per heavy atom. The minimum atomic E-state index is -0.585. The smallest absolute Gasteiger partial charge is 0.244 e. The van der Waals surface area contributed by atoms with Gasteiger partial charge >= 0.3 is 0 Å². The van der Waals surface area contributed by atoms with E-state index in [0.717, 1.165) is 38.4 Å². The van der Waals surface area contributed by atoms with Crippen LogP contribution in [0.15, 0.2) is 12.4 Å². The zero-order valence-electron chi connectivity index (χ0n) is 13.9. The van der Waals surface area contributed by atoms with Crippen LogP contribution in [0.25, 0.3) is 0 Å². The van der Waals surface area contributed by atoms with Crippen molar-refractivity contribution in [2.75, 3.05) is 31.5 Å². The molecule has 0 radical (unpaired) electrons. The molecule has 0 saturated heterocycles. The first-order valence-corrected chi connectivity index (χ1v) is 7.74. The molecule has 0 aromatic carbocycles. The van der Waals surface area contributed by atoms with Crippen molar-refractivity contribution in [1.82, 2.24) is 20.0 Å². The lowest BCUT2D eigenvalue weighted by atomic mass is 10.0. The fourth-order valence-electron chi connectivity index (χ4n) is 2.14. The van der Waals surface area contributed by atoms with Gasteiger partial charge in [-0.3, -0.25) is 9.48 Å². The van der Waals surface area contributed by atoms with Crippen LogP contribution < -0.4 is 10.6 Å². The first-order valence-electron chi connectivity index (χ1n) is 7.74. The van der Waals surface area contributed by atoms with Crippen molar-refractivity contribution in [2.24, 2.45) is 0 Å². The van der Waals surface area contributed by atoms with Crippen LogP contribution in [0.2, 0.25) is 0 Å². The van der Waals surface area contributed by atoms with E-state index in [9.17, 15) is 4.79 Å². The Morgan fingerprint density at radius 3 is 2.57 bits per heavy atom. The molecule has 0 atom stereocenters. The molecule has 0 spiro atoms. The van der Waals surface area contributed by atoms with Crippen molar-refractivity contribution in [2.45, 2.75) is 46.7 Å². The summed E-state index contributed by atoms with van der Waals surface area (Å²) in [7, 11) is 0. The summed E-state index contributed by atoms with van der Waals surface area (Å²) < 4.78 is 1.87. The van der Waals surface area contributed by atoms with Gasteiger partial charge < -0.3 is 15.5 Å². The largest absolute Gasteiger partial charge is 0.322 e. The number of nitrogens with one attached hydrogen (secondary N) is 2. The van der Waals surface area contributed by atoms with Gasteiger partial charge in [0.15, 0.2) is 0 Å². The molecule has 1 rings (SSSR count). The van der Waals surface area contributed by atoms with E-state index in [1.807, 2.05) is 31.6 Å². The van der Waals surface area contributed by atoms with Gasteiger partial charge in [0, 0.05) is 12.7 Å². The standard InChI is InChI=1S/C15H29N5O/c1-6-16-15(4,5)14(21)18-13-11-17-20(12-13)10-9-19(7-2)8-3/h11-12,16H,6-10H2,1-5H3,(H,18,21).